The van der Waals surface area contributed by atoms with Crippen molar-refractivity contribution in [2.45, 2.75) is 19.9 Å². The molecule has 1 saturated heterocycles. The Hall–Kier alpha value is -2.04. The third kappa shape index (κ3) is 2.30. The number of anilines is 1. The predicted octanol–water partition coefficient (Wildman–Crippen LogP) is 2.28. The first-order chi connectivity index (χ1) is 8.49. The van der Waals surface area contributed by atoms with Crippen LogP contribution in [0.1, 0.15) is 12.5 Å². The summed E-state index contributed by atoms with van der Waals surface area (Å²) in [5, 5.41) is 2.73. The number of likely N-dealkylation sites (N-methyl/N-ethyl adjacent to an activating group) is 1. The Bertz CT molecular complexity index is 470. The molecule has 0 bridgehead atoms. The largest absolute Gasteiger partial charge is 0.330 e. The van der Waals surface area contributed by atoms with Crippen LogP contribution in [-0.4, -0.2) is 41.5 Å². The molecule has 1 aromatic rings. The van der Waals surface area contributed by atoms with Crippen molar-refractivity contribution in [1.82, 2.24) is 9.80 Å². The molecule has 2 rings (SSSR count). The first-order valence-corrected chi connectivity index (χ1v) is 5.91. The van der Waals surface area contributed by atoms with Crippen LogP contribution in [0.15, 0.2) is 24.3 Å². The molecule has 0 aliphatic carbocycles. The molecular weight excluding hydrogens is 230 g/mol. The molecule has 1 heterocycles. The monoisotopic (exact) mass is 247 g/mol. The molecule has 1 aliphatic heterocycles. The molecule has 1 unspecified atom stereocenters. The molecule has 1 atom stereocenters. The first kappa shape index (κ1) is 12.4. The molecule has 1 aliphatic rings. The lowest BCUT2D eigenvalue weighted by Crippen LogP contribution is -2.41. The highest BCUT2D eigenvalue weighted by molar-refractivity contribution is 6.02. The summed E-state index contributed by atoms with van der Waals surface area (Å²) in [4.78, 5) is 26.6. The van der Waals surface area contributed by atoms with Crippen LogP contribution in [0.2, 0.25) is 0 Å². The second kappa shape index (κ2) is 4.68. The van der Waals surface area contributed by atoms with E-state index in [1.165, 1.54) is 4.90 Å². The zero-order valence-electron chi connectivity index (χ0n) is 10.8. The number of nitrogens with zero attached hydrogens (tertiary/aromatic N) is 2. The first-order valence-electron chi connectivity index (χ1n) is 5.91. The molecule has 96 valence electrons. The van der Waals surface area contributed by atoms with Crippen molar-refractivity contribution in [3.05, 3.63) is 29.8 Å². The number of rotatable bonds is 1. The van der Waals surface area contributed by atoms with Gasteiger partial charge in [-0.15, -0.1) is 0 Å². The highest BCUT2D eigenvalue weighted by atomic mass is 16.2. The van der Waals surface area contributed by atoms with Crippen molar-refractivity contribution < 1.29 is 9.59 Å². The zero-order chi connectivity index (χ0) is 13.3. The fourth-order valence-electron chi connectivity index (χ4n) is 2.04. The smallest absolute Gasteiger partial charge is 0.325 e. The van der Waals surface area contributed by atoms with Crippen molar-refractivity contribution in [2.24, 2.45) is 0 Å². The molecule has 0 saturated carbocycles. The molecular formula is C13H17N3O2. The van der Waals surface area contributed by atoms with Gasteiger partial charge in [-0.3, -0.25) is 0 Å². The highest BCUT2D eigenvalue weighted by Crippen LogP contribution is 2.16. The third-order valence-electron chi connectivity index (χ3n) is 3.03. The SMILES string of the molecule is Cc1ccc(NC(=O)N2C(=O)N(C)CC2C)cc1. The van der Waals surface area contributed by atoms with E-state index in [1.807, 2.05) is 38.1 Å². The molecule has 1 fully saturated rings. The maximum atomic E-state index is 12.0. The van der Waals surface area contributed by atoms with Gasteiger partial charge in [0.05, 0.1) is 6.04 Å². The van der Waals surface area contributed by atoms with Gasteiger partial charge in [0, 0.05) is 19.3 Å². The number of imide groups is 1. The summed E-state index contributed by atoms with van der Waals surface area (Å²) in [7, 11) is 1.69. The lowest BCUT2D eigenvalue weighted by atomic mass is 10.2. The lowest BCUT2D eigenvalue weighted by Gasteiger charge is -2.18. The topological polar surface area (TPSA) is 52.7 Å². The van der Waals surface area contributed by atoms with E-state index in [0.717, 1.165) is 5.56 Å². The minimum Gasteiger partial charge on any atom is -0.325 e. The van der Waals surface area contributed by atoms with Crippen molar-refractivity contribution in [1.29, 1.82) is 0 Å². The van der Waals surface area contributed by atoms with Gasteiger partial charge in [-0.25, -0.2) is 14.5 Å². The number of carbonyl (C=O) groups is 2. The molecule has 0 spiro atoms. The summed E-state index contributed by atoms with van der Waals surface area (Å²) in [5.74, 6) is 0. The Morgan fingerprint density at radius 3 is 2.44 bits per heavy atom. The van der Waals surface area contributed by atoms with Gasteiger partial charge < -0.3 is 10.2 Å². The highest BCUT2D eigenvalue weighted by Gasteiger charge is 2.36. The van der Waals surface area contributed by atoms with E-state index < -0.39 is 0 Å². The Labute approximate surface area is 106 Å². The predicted molar refractivity (Wildman–Crippen MR) is 69.5 cm³/mol. The molecule has 1 N–H and O–H groups in total. The van der Waals surface area contributed by atoms with Crippen LogP contribution < -0.4 is 5.32 Å². The van der Waals surface area contributed by atoms with Gasteiger partial charge in [-0.2, -0.15) is 0 Å². The normalized spacial score (nSPS) is 19.3. The second-order valence-corrected chi connectivity index (χ2v) is 4.68. The van der Waals surface area contributed by atoms with Gasteiger partial charge in [0.25, 0.3) is 0 Å². The number of nitrogens with one attached hydrogen (secondary N) is 1. The summed E-state index contributed by atoms with van der Waals surface area (Å²) in [5.41, 5.74) is 1.82. The van der Waals surface area contributed by atoms with E-state index in [2.05, 4.69) is 5.32 Å². The fraction of sp³-hybridized carbons (Fsp3) is 0.385. The van der Waals surface area contributed by atoms with Gasteiger partial charge in [0.15, 0.2) is 0 Å². The lowest BCUT2D eigenvalue weighted by molar-refractivity contribution is 0.190. The summed E-state index contributed by atoms with van der Waals surface area (Å²) < 4.78 is 0. The van der Waals surface area contributed by atoms with E-state index in [4.69, 9.17) is 0 Å². The maximum Gasteiger partial charge on any atom is 0.330 e. The quantitative estimate of drug-likeness (QED) is 0.827. The van der Waals surface area contributed by atoms with E-state index in [-0.39, 0.29) is 18.1 Å². The molecule has 0 aromatic heterocycles. The van der Waals surface area contributed by atoms with Crippen LogP contribution in [0.4, 0.5) is 15.3 Å². The van der Waals surface area contributed by atoms with Gasteiger partial charge in [-0.1, -0.05) is 17.7 Å². The standard InChI is InChI=1S/C13H17N3O2/c1-9-4-6-11(7-5-9)14-12(17)16-10(2)8-15(3)13(16)18/h4-7,10H,8H2,1-3H3,(H,14,17). The number of benzene rings is 1. The average molecular weight is 247 g/mol. The minimum atomic E-state index is -0.374. The van der Waals surface area contributed by atoms with Crippen LogP contribution in [0.25, 0.3) is 0 Å². The number of amides is 4. The van der Waals surface area contributed by atoms with Crippen molar-refractivity contribution >= 4 is 17.7 Å². The van der Waals surface area contributed by atoms with E-state index in [9.17, 15) is 9.59 Å². The molecule has 5 nitrogen and oxygen atoms in total. The Morgan fingerprint density at radius 2 is 1.94 bits per heavy atom. The van der Waals surface area contributed by atoms with E-state index in [1.54, 1.807) is 11.9 Å². The van der Waals surface area contributed by atoms with Gasteiger partial charge in [0.2, 0.25) is 0 Å². The minimum absolute atomic E-state index is 0.104. The van der Waals surface area contributed by atoms with Gasteiger partial charge in [0.1, 0.15) is 0 Å². The van der Waals surface area contributed by atoms with Crippen LogP contribution in [0, 0.1) is 6.92 Å². The van der Waals surface area contributed by atoms with Crippen molar-refractivity contribution in [3.63, 3.8) is 0 Å². The summed E-state index contributed by atoms with van der Waals surface area (Å²) in [6.45, 7) is 4.41. The zero-order valence-corrected chi connectivity index (χ0v) is 10.8. The van der Waals surface area contributed by atoms with E-state index >= 15 is 0 Å². The van der Waals surface area contributed by atoms with Crippen molar-refractivity contribution in [3.8, 4) is 0 Å². The Balaban J connectivity index is 2.08. The average Bonchev–Trinajstić information content (AvgIpc) is 2.56. The van der Waals surface area contributed by atoms with Crippen LogP contribution in [0.3, 0.4) is 0 Å². The third-order valence-corrected chi connectivity index (χ3v) is 3.03. The van der Waals surface area contributed by atoms with E-state index in [0.29, 0.717) is 12.2 Å². The number of urea groups is 2. The number of hydrogen-bond donors (Lipinski definition) is 1. The number of hydrogen-bond acceptors (Lipinski definition) is 2. The van der Waals surface area contributed by atoms with Crippen LogP contribution in [0.5, 0.6) is 0 Å². The van der Waals surface area contributed by atoms with Crippen LogP contribution >= 0.6 is 0 Å². The second-order valence-electron chi connectivity index (χ2n) is 4.68. The van der Waals surface area contributed by atoms with Gasteiger partial charge >= 0.3 is 12.1 Å². The summed E-state index contributed by atoms with van der Waals surface area (Å²) >= 11 is 0. The maximum absolute atomic E-state index is 12.0. The molecule has 18 heavy (non-hydrogen) atoms. The summed E-state index contributed by atoms with van der Waals surface area (Å²) in [6.07, 6.45) is 0. The Morgan fingerprint density at radius 1 is 1.33 bits per heavy atom. The van der Waals surface area contributed by atoms with Crippen LogP contribution in [-0.2, 0) is 0 Å². The molecule has 0 radical (unpaired) electrons. The Kier molecular flexibility index (Phi) is 3.23. The molecule has 5 heteroatoms. The van der Waals surface area contributed by atoms with Gasteiger partial charge in [-0.05, 0) is 26.0 Å². The molecule has 1 aromatic carbocycles. The number of aryl methyl sites for hydroxylation is 1. The fourth-order valence-corrected chi connectivity index (χ4v) is 2.04. The molecule has 4 amide bonds. The van der Waals surface area contributed by atoms with Crippen molar-refractivity contribution in [2.75, 3.05) is 18.9 Å². The number of carbonyl (C=O) groups excluding carboxylic acids is 2. The summed E-state index contributed by atoms with van der Waals surface area (Å²) in [6, 6.07) is 6.74.